The monoisotopic (exact) mass is 344 g/mol. The van der Waals surface area contributed by atoms with Gasteiger partial charge in [0.05, 0.1) is 0 Å². The van der Waals surface area contributed by atoms with Gasteiger partial charge in [-0.05, 0) is 43.2 Å². The number of anilines is 1. The van der Waals surface area contributed by atoms with Gasteiger partial charge in [-0.2, -0.15) is 5.10 Å². The first-order valence-corrected chi connectivity index (χ1v) is 7.96. The predicted molar refractivity (Wildman–Crippen MR) is 88.7 cm³/mol. The summed E-state index contributed by atoms with van der Waals surface area (Å²) in [7, 11) is 0. The maximum absolute atomic E-state index is 12.9. The van der Waals surface area contributed by atoms with Crippen LogP contribution >= 0.6 is 0 Å². The molecule has 7 nitrogen and oxygen atoms in total. The van der Waals surface area contributed by atoms with Crippen LogP contribution in [0.3, 0.4) is 0 Å². The molecule has 2 amide bonds. The van der Waals surface area contributed by atoms with Crippen molar-refractivity contribution in [1.82, 2.24) is 14.7 Å². The van der Waals surface area contributed by atoms with Gasteiger partial charge in [0.2, 0.25) is 5.91 Å². The highest BCUT2D eigenvalue weighted by Crippen LogP contribution is 2.11. The van der Waals surface area contributed by atoms with Gasteiger partial charge < -0.3 is 10.2 Å². The maximum atomic E-state index is 12.9. The maximum Gasteiger partial charge on any atom is 0.274 e. The van der Waals surface area contributed by atoms with Crippen LogP contribution in [0.1, 0.15) is 23.3 Å². The molecule has 2 heterocycles. The molecule has 2 aromatic rings. The molecule has 0 saturated carbocycles. The highest BCUT2D eigenvalue weighted by atomic mass is 19.1. The molecule has 1 aromatic heterocycles. The van der Waals surface area contributed by atoms with Crippen molar-refractivity contribution in [2.24, 2.45) is 0 Å². The predicted octanol–water partition coefficient (Wildman–Crippen LogP) is 1.26. The number of rotatable bonds is 4. The molecule has 25 heavy (non-hydrogen) atoms. The summed E-state index contributed by atoms with van der Waals surface area (Å²) >= 11 is 0. The molecule has 1 aromatic carbocycles. The number of hydrogen-bond acceptors (Lipinski definition) is 4. The van der Waals surface area contributed by atoms with Crippen molar-refractivity contribution in [2.75, 3.05) is 18.4 Å². The fourth-order valence-corrected chi connectivity index (χ4v) is 2.63. The number of carbonyl (C=O) groups excluding carboxylic acids is 2. The Morgan fingerprint density at radius 3 is 2.44 bits per heavy atom. The molecule has 130 valence electrons. The Morgan fingerprint density at radius 2 is 1.76 bits per heavy atom. The van der Waals surface area contributed by atoms with Crippen molar-refractivity contribution in [2.45, 2.75) is 19.4 Å². The van der Waals surface area contributed by atoms with Crippen molar-refractivity contribution in [1.29, 1.82) is 0 Å². The summed E-state index contributed by atoms with van der Waals surface area (Å²) in [6.07, 6.45) is 1.90. The number of amides is 2. The van der Waals surface area contributed by atoms with Gasteiger partial charge >= 0.3 is 0 Å². The number of aromatic nitrogens is 2. The standard InChI is InChI=1S/C17H17FN4O3/c18-12-3-5-13(6-4-12)19-15(23)11-22-16(24)8-7-14(20-22)17(25)21-9-1-2-10-21/h3-8H,1-2,9-11H2,(H,19,23). The van der Waals surface area contributed by atoms with E-state index in [4.69, 9.17) is 0 Å². The number of hydrogen-bond donors (Lipinski definition) is 1. The van der Waals surface area contributed by atoms with E-state index < -0.39 is 17.3 Å². The first kappa shape index (κ1) is 16.8. The molecule has 0 atom stereocenters. The minimum Gasteiger partial charge on any atom is -0.337 e. The summed E-state index contributed by atoms with van der Waals surface area (Å²) in [6.45, 7) is 1.01. The molecule has 1 aliphatic heterocycles. The van der Waals surface area contributed by atoms with Gasteiger partial charge in [0, 0.05) is 24.8 Å². The largest absolute Gasteiger partial charge is 0.337 e. The van der Waals surface area contributed by atoms with E-state index in [0.717, 1.165) is 17.5 Å². The lowest BCUT2D eigenvalue weighted by atomic mass is 10.3. The second-order valence-corrected chi connectivity index (χ2v) is 5.77. The van der Waals surface area contributed by atoms with Crippen LogP contribution in [-0.2, 0) is 11.3 Å². The average Bonchev–Trinajstić information content (AvgIpc) is 3.13. The number of nitrogens with one attached hydrogen (secondary N) is 1. The minimum absolute atomic E-state index is 0.135. The van der Waals surface area contributed by atoms with Gasteiger partial charge in [-0.1, -0.05) is 0 Å². The summed E-state index contributed by atoms with van der Waals surface area (Å²) < 4.78 is 13.8. The molecule has 3 rings (SSSR count). The Morgan fingerprint density at radius 1 is 1.08 bits per heavy atom. The Hall–Kier alpha value is -3.03. The number of nitrogens with zero attached hydrogens (tertiary/aromatic N) is 3. The molecule has 0 spiro atoms. The lowest BCUT2D eigenvalue weighted by molar-refractivity contribution is -0.117. The van der Waals surface area contributed by atoms with Crippen molar-refractivity contribution < 1.29 is 14.0 Å². The van der Waals surface area contributed by atoms with E-state index in [-0.39, 0.29) is 18.1 Å². The molecule has 1 aliphatic rings. The molecule has 0 unspecified atom stereocenters. The molecule has 0 radical (unpaired) electrons. The van der Waals surface area contributed by atoms with E-state index in [1.54, 1.807) is 4.90 Å². The highest BCUT2D eigenvalue weighted by Gasteiger charge is 2.21. The highest BCUT2D eigenvalue weighted by molar-refractivity contribution is 5.92. The first-order valence-electron chi connectivity index (χ1n) is 7.96. The average molecular weight is 344 g/mol. The van der Waals surface area contributed by atoms with E-state index >= 15 is 0 Å². The molecule has 1 saturated heterocycles. The minimum atomic E-state index is -0.494. The van der Waals surface area contributed by atoms with Gasteiger partial charge in [-0.3, -0.25) is 14.4 Å². The first-order chi connectivity index (χ1) is 12.0. The zero-order valence-electron chi connectivity index (χ0n) is 13.4. The second kappa shape index (κ2) is 7.25. The van der Waals surface area contributed by atoms with Crippen LogP contribution in [0.5, 0.6) is 0 Å². The van der Waals surface area contributed by atoms with Crippen molar-refractivity contribution in [3.05, 3.63) is 58.3 Å². The Labute approximate surface area is 143 Å². The van der Waals surface area contributed by atoms with Crippen LogP contribution in [0.15, 0.2) is 41.2 Å². The van der Waals surface area contributed by atoms with E-state index in [0.29, 0.717) is 18.8 Å². The third kappa shape index (κ3) is 4.09. The van der Waals surface area contributed by atoms with E-state index in [9.17, 15) is 18.8 Å². The second-order valence-electron chi connectivity index (χ2n) is 5.77. The fraction of sp³-hybridized carbons (Fsp3) is 0.294. The van der Waals surface area contributed by atoms with Crippen molar-refractivity contribution >= 4 is 17.5 Å². The normalized spacial score (nSPS) is 13.7. The lowest BCUT2D eigenvalue weighted by Gasteiger charge is -2.15. The summed E-state index contributed by atoms with van der Waals surface area (Å²) in [4.78, 5) is 38.0. The lowest BCUT2D eigenvalue weighted by Crippen LogP contribution is -2.34. The Kier molecular flexibility index (Phi) is 4.87. The number of benzene rings is 1. The van der Waals surface area contributed by atoms with Gasteiger partial charge in [0.25, 0.3) is 11.5 Å². The van der Waals surface area contributed by atoms with E-state index in [2.05, 4.69) is 10.4 Å². The van der Waals surface area contributed by atoms with E-state index in [1.165, 1.54) is 36.4 Å². The zero-order valence-corrected chi connectivity index (χ0v) is 13.4. The number of halogens is 1. The van der Waals surface area contributed by atoms with Crippen LogP contribution in [0, 0.1) is 5.82 Å². The van der Waals surface area contributed by atoms with Crippen LogP contribution in [0.2, 0.25) is 0 Å². The fourth-order valence-electron chi connectivity index (χ4n) is 2.63. The zero-order chi connectivity index (χ0) is 17.8. The van der Waals surface area contributed by atoms with Crippen molar-refractivity contribution in [3.8, 4) is 0 Å². The van der Waals surface area contributed by atoms with Crippen LogP contribution < -0.4 is 10.9 Å². The Bertz CT molecular complexity index is 842. The molecule has 1 N–H and O–H groups in total. The van der Waals surface area contributed by atoms with Gasteiger partial charge in [0.15, 0.2) is 0 Å². The van der Waals surface area contributed by atoms with Crippen LogP contribution in [0.4, 0.5) is 10.1 Å². The van der Waals surface area contributed by atoms with Gasteiger partial charge in [0.1, 0.15) is 18.1 Å². The summed E-state index contributed by atoms with van der Waals surface area (Å²) in [5, 5.41) is 6.55. The SMILES string of the molecule is O=C(Cn1nc(C(=O)N2CCCC2)ccc1=O)Nc1ccc(F)cc1. The number of likely N-dealkylation sites (tertiary alicyclic amines) is 1. The molecule has 0 aliphatic carbocycles. The third-order valence-electron chi connectivity index (χ3n) is 3.90. The number of carbonyl (C=O) groups is 2. The third-order valence-corrected chi connectivity index (χ3v) is 3.90. The Balaban J connectivity index is 1.71. The summed E-state index contributed by atoms with van der Waals surface area (Å²) in [5.74, 6) is -1.15. The van der Waals surface area contributed by atoms with Crippen LogP contribution in [0.25, 0.3) is 0 Å². The summed E-state index contributed by atoms with van der Waals surface area (Å²) in [5.41, 5.74) is 0.0621. The van der Waals surface area contributed by atoms with Crippen LogP contribution in [-0.4, -0.2) is 39.6 Å². The summed E-state index contributed by atoms with van der Waals surface area (Å²) in [6, 6.07) is 7.86. The quantitative estimate of drug-likeness (QED) is 0.905. The molecule has 1 fully saturated rings. The topological polar surface area (TPSA) is 84.3 Å². The molecular formula is C17H17FN4O3. The molecule has 0 bridgehead atoms. The molecule has 8 heteroatoms. The van der Waals surface area contributed by atoms with Gasteiger partial charge in [-0.25, -0.2) is 9.07 Å². The van der Waals surface area contributed by atoms with E-state index in [1.807, 2.05) is 0 Å². The smallest absolute Gasteiger partial charge is 0.274 e. The molecular weight excluding hydrogens is 327 g/mol. The van der Waals surface area contributed by atoms with Crippen molar-refractivity contribution in [3.63, 3.8) is 0 Å². The van der Waals surface area contributed by atoms with Gasteiger partial charge in [-0.15, -0.1) is 0 Å².